The fourth-order valence-corrected chi connectivity index (χ4v) is 8.39. The van der Waals surface area contributed by atoms with Crippen LogP contribution in [0.3, 0.4) is 0 Å². The largest absolute Gasteiger partial charge is 0.394 e. The molecule has 0 aromatic heterocycles. The second kappa shape index (κ2) is 23.5. The van der Waals surface area contributed by atoms with Gasteiger partial charge in [0.15, 0.2) is 37.7 Å². The van der Waals surface area contributed by atoms with E-state index in [-0.39, 0.29) is 0 Å². The number of hydrogen-bond donors (Lipinski definition) is 20. The molecule has 0 aromatic rings. The fourth-order valence-electron chi connectivity index (χ4n) is 8.39. The third-order valence-electron chi connectivity index (χ3n) is 12.4. The highest BCUT2D eigenvalue weighted by atomic mass is 16.8. The van der Waals surface area contributed by atoms with Crippen LogP contribution in [-0.2, 0) is 52.1 Å². The van der Waals surface area contributed by atoms with Crippen LogP contribution in [0.4, 0.5) is 0 Å². The van der Waals surface area contributed by atoms with E-state index < -0.39 is 224 Å². The van der Waals surface area contributed by atoms with E-state index in [9.17, 15) is 102 Å². The molecular weight excluding hydrogens is 928 g/mol. The maximum atomic E-state index is 11.4. The van der Waals surface area contributed by atoms with E-state index in [0.29, 0.717) is 0 Å². The highest BCUT2D eigenvalue weighted by molar-refractivity contribution is 4.99. The monoisotopic (exact) mass is 990 g/mol. The number of hydrogen-bond acceptors (Lipinski definition) is 31. The predicted octanol–water partition coefficient (Wildman–Crippen LogP) is -14.1. The van der Waals surface area contributed by atoms with Crippen LogP contribution in [0.1, 0.15) is 0 Å². The molecule has 392 valence electrons. The topological polar surface area (TPSA) is 506 Å². The summed E-state index contributed by atoms with van der Waals surface area (Å²) in [6.45, 7) is -5.52. The molecule has 31 nitrogen and oxygen atoms in total. The van der Waals surface area contributed by atoms with E-state index in [2.05, 4.69) is 0 Å². The second-order valence-electron chi connectivity index (χ2n) is 16.8. The normalized spacial score (nSPS) is 53.4. The minimum Gasteiger partial charge on any atom is -0.394 e. The lowest BCUT2D eigenvalue weighted by molar-refractivity contribution is -0.386. The van der Waals surface area contributed by atoms with Gasteiger partial charge in [0.25, 0.3) is 0 Å². The third kappa shape index (κ3) is 11.4. The smallest absolute Gasteiger partial charge is 0.187 e. The molecule has 0 aliphatic carbocycles. The summed E-state index contributed by atoms with van der Waals surface area (Å²) in [5, 5.41) is 210. The Morgan fingerprint density at radius 3 is 0.866 bits per heavy atom. The number of aliphatic hydroxyl groups excluding tert-OH is 20. The Morgan fingerprint density at radius 2 is 0.522 bits per heavy atom. The van der Waals surface area contributed by atoms with Gasteiger partial charge in [-0.15, -0.1) is 0 Å². The quantitative estimate of drug-likeness (QED) is 0.0683. The average molecular weight is 991 g/mol. The van der Waals surface area contributed by atoms with Crippen LogP contribution in [0.5, 0.6) is 0 Å². The lowest BCUT2D eigenvalue weighted by Gasteiger charge is -2.48. The van der Waals surface area contributed by atoms with E-state index in [0.717, 1.165) is 0 Å². The highest BCUT2D eigenvalue weighted by Crippen LogP contribution is 2.35. The molecule has 30 unspecified atom stereocenters. The predicted molar refractivity (Wildman–Crippen MR) is 199 cm³/mol. The van der Waals surface area contributed by atoms with Gasteiger partial charge in [-0.3, -0.25) is 0 Å². The zero-order valence-electron chi connectivity index (χ0n) is 35.0. The molecule has 6 heterocycles. The van der Waals surface area contributed by atoms with Crippen molar-refractivity contribution in [2.45, 2.75) is 184 Å². The van der Waals surface area contributed by atoms with Gasteiger partial charge in [0.05, 0.1) is 39.6 Å². The molecule has 0 saturated carbocycles. The molecule has 0 aromatic carbocycles. The Labute approximate surface area is 378 Å². The first-order chi connectivity index (χ1) is 31.7. The summed E-state index contributed by atoms with van der Waals surface area (Å²) in [5.74, 6) is 0. The van der Waals surface area contributed by atoms with Gasteiger partial charge in [-0.2, -0.15) is 0 Å². The van der Waals surface area contributed by atoms with Gasteiger partial charge in [-0.05, 0) is 0 Å². The number of aliphatic hydroxyl groups is 20. The molecule has 20 N–H and O–H groups in total. The van der Waals surface area contributed by atoms with Gasteiger partial charge in [0, 0.05) is 0 Å². The fraction of sp³-hybridized carbons (Fsp3) is 1.00. The van der Waals surface area contributed by atoms with E-state index >= 15 is 0 Å². The standard InChI is InChI=1S/C36H62O31/c37-1-7-13(42)19(48)21(50)33(60-7)65-29-16(45)10(4-40)62-35(25(29)54)64-27-18(47)12(58-31(56)23(27)52)6-57-32-24(53)28(15(44)9(3-39)59-32)67-36-26(55)30(17(46)11(5-41)63-36)66-34-22(51)20(49)14(43)8(2-38)61-34/h7-56H,1-6H2. The first kappa shape index (κ1) is 55.1. The van der Waals surface area contributed by atoms with Gasteiger partial charge in [0.1, 0.15) is 146 Å². The van der Waals surface area contributed by atoms with Crippen LogP contribution in [0.15, 0.2) is 0 Å². The third-order valence-corrected chi connectivity index (χ3v) is 12.4. The Morgan fingerprint density at radius 1 is 0.254 bits per heavy atom. The Hall–Kier alpha value is -1.24. The van der Waals surface area contributed by atoms with Crippen molar-refractivity contribution in [2.75, 3.05) is 39.6 Å². The van der Waals surface area contributed by atoms with E-state index in [4.69, 9.17) is 52.1 Å². The first-order valence-corrected chi connectivity index (χ1v) is 21.1. The van der Waals surface area contributed by atoms with Gasteiger partial charge in [0.2, 0.25) is 0 Å². The maximum absolute atomic E-state index is 11.4. The van der Waals surface area contributed by atoms with Crippen LogP contribution in [-0.4, -0.2) is 326 Å². The minimum atomic E-state index is -2.19. The van der Waals surface area contributed by atoms with Crippen molar-refractivity contribution in [2.24, 2.45) is 0 Å². The van der Waals surface area contributed by atoms with Crippen molar-refractivity contribution < 1.29 is 154 Å². The zero-order chi connectivity index (χ0) is 49.3. The molecule has 6 rings (SSSR count). The Balaban J connectivity index is 1.12. The molecule has 0 radical (unpaired) electrons. The van der Waals surface area contributed by atoms with Crippen molar-refractivity contribution in [3.05, 3.63) is 0 Å². The van der Waals surface area contributed by atoms with Gasteiger partial charge in [-0.25, -0.2) is 0 Å². The molecule has 6 fully saturated rings. The second-order valence-corrected chi connectivity index (χ2v) is 16.8. The highest BCUT2D eigenvalue weighted by Gasteiger charge is 2.56. The summed E-state index contributed by atoms with van der Waals surface area (Å²) in [6.07, 6.45) is -57.3. The number of ether oxygens (including phenoxy) is 11. The molecule has 0 bridgehead atoms. The Bertz CT molecular complexity index is 1510. The van der Waals surface area contributed by atoms with Crippen molar-refractivity contribution in [3.8, 4) is 0 Å². The molecule has 31 heteroatoms. The number of rotatable bonds is 16. The van der Waals surface area contributed by atoms with Crippen LogP contribution in [0, 0.1) is 0 Å². The van der Waals surface area contributed by atoms with Gasteiger partial charge in [-0.1, -0.05) is 0 Å². The van der Waals surface area contributed by atoms with Gasteiger partial charge >= 0.3 is 0 Å². The van der Waals surface area contributed by atoms with Crippen molar-refractivity contribution in [1.82, 2.24) is 0 Å². The van der Waals surface area contributed by atoms with Crippen LogP contribution in [0.25, 0.3) is 0 Å². The van der Waals surface area contributed by atoms with Crippen molar-refractivity contribution in [3.63, 3.8) is 0 Å². The molecular formula is C36H62O31. The zero-order valence-corrected chi connectivity index (χ0v) is 35.0. The van der Waals surface area contributed by atoms with Crippen LogP contribution in [0.2, 0.25) is 0 Å². The first-order valence-electron chi connectivity index (χ1n) is 21.1. The lowest BCUT2D eigenvalue weighted by Crippen LogP contribution is -2.67. The van der Waals surface area contributed by atoms with Crippen molar-refractivity contribution in [1.29, 1.82) is 0 Å². The summed E-state index contributed by atoms with van der Waals surface area (Å²) in [5.41, 5.74) is 0. The molecule has 67 heavy (non-hydrogen) atoms. The maximum Gasteiger partial charge on any atom is 0.187 e. The summed E-state index contributed by atoms with van der Waals surface area (Å²) < 4.78 is 60.3. The molecule has 0 amide bonds. The average Bonchev–Trinajstić information content (AvgIpc) is 3.31. The van der Waals surface area contributed by atoms with Crippen molar-refractivity contribution >= 4 is 0 Å². The summed E-state index contributed by atoms with van der Waals surface area (Å²) in [6, 6.07) is 0. The Kier molecular flexibility index (Phi) is 19.4. The van der Waals surface area contributed by atoms with E-state index in [1.54, 1.807) is 0 Å². The lowest BCUT2D eigenvalue weighted by atomic mass is 9.95. The van der Waals surface area contributed by atoms with E-state index in [1.807, 2.05) is 0 Å². The van der Waals surface area contributed by atoms with E-state index in [1.165, 1.54) is 0 Å². The molecule has 6 aliphatic rings. The molecule has 30 atom stereocenters. The summed E-state index contributed by atoms with van der Waals surface area (Å²) >= 11 is 0. The minimum absolute atomic E-state index is 0.862. The molecule has 0 spiro atoms. The van der Waals surface area contributed by atoms with Gasteiger partial charge < -0.3 is 154 Å². The summed E-state index contributed by atoms with van der Waals surface area (Å²) in [4.78, 5) is 0. The SMILES string of the molecule is OCC1OC(OC2C(O)C(CO)OC(OC3C(O)C(O)OC(COC4OC(CO)C(O)C(OC5OC(CO)C(O)C(OC6OC(CO)C(O)C(O)C6O)C5O)C4O)C3O)C2O)C(O)C(O)C1O. The molecule has 6 aliphatic heterocycles. The summed E-state index contributed by atoms with van der Waals surface area (Å²) in [7, 11) is 0. The van der Waals surface area contributed by atoms with Crippen LogP contribution >= 0.6 is 0 Å². The van der Waals surface area contributed by atoms with Crippen LogP contribution < -0.4 is 0 Å². The molecule has 6 saturated heterocycles.